The summed E-state index contributed by atoms with van der Waals surface area (Å²) in [6, 6.07) is 9.13. The lowest BCUT2D eigenvalue weighted by atomic mass is 10.4. The number of hydrogen-bond acceptors (Lipinski definition) is 3. The summed E-state index contributed by atoms with van der Waals surface area (Å²) in [5, 5.41) is 8.37. The normalized spacial score (nSPS) is 13.2. The van der Waals surface area contributed by atoms with Crippen molar-refractivity contribution in [2.45, 2.75) is 9.60 Å². The molecule has 1 aromatic rings. The zero-order chi connectivity index (χ0) is 9.90. The second-order valence-corrected chi connectivity index (χ2v) is 5.03. The number of nitrogens with zero attached hydrogens (tertiary/aromatic N) is 1. The Balaban J connectivity index is 3.19. The standard InChI is InChI=1S/C8H6ClNO2S/c9-8(6-10)13(11,12)7-4-2-1-3-5-7/h1-5,8H. The monoisotopic (exact) mass is 215 g/mol. The van der Waals surface area contributed by atoms with Crippen LogP contribution in [-0.4, -0.2) is 13.1 Å². The lowest BCUT2D eigenvalue weighted by molar-refractivity contribution is 0.597. The van der Waals surface area contributed by atoms with Crippen molar-refractivity contribution in [2.75, 3.05) is 0 Å². The number of rotatable bonds is 2. The highest BCUT2D eigenvalue weighted by molar-refractivity contribution is 7.93. The van der Waals surface area contributed by atoms with Crippen LogP contribution in [0, 0.1) is 11.3 Å². The number of alkyl halides is 1. The van der Waals surface area contributed by atoms with Gasteiger partial charge in [0.2, 0.25) is 14.5 Å². The van der Waals surface area contributed by atoms with Gasteiger partial charge in [-0.05, 0) is 12.1 Å². The summed E-state index contributed by atoms with van der Waals surface area (Å²) in [5.74, 6) is 0. The van der Waals surface area contributed by atoms with Crippen LogP contribution in [0.5, 0.6) is 0 Å². The van der Waals surface area contributed by atoms with Gasteiger partial charge in [0, 0.05) is 0 Å². The van der Waals surface area contributed by atoms with E-state index in [2.05, 4.69) is 0 Å². The first kappa shape index (κ1) is 10.0. The fourth-order valence-electron chi connectivity index (χ4n) is 0.799. The summed E-state index contributed by atoms with van der Waals surface area (Å²) in [7, 11) is -3.68. The van der Waals surface area contributed by atoms with Crippen LogP contribution >= 0.6 is 11.6 Å². The third-order valence-corrected chi connectivity index (χ3v) is 3.83. The van der Waals surface area contributed by atoms with Crippen molar-refractivity contribution in [1.29, 1.82) is 5.26 Å². The van der Waals surface area contributed by atoms with E-state index in [0.717, 1.165) is 0 Å². The minimum atomic E-state index is -3.68. The molecule has 0 heterocycles. The van der Waals surface area contributed by atoms with Crippen LogP contribution in [-0.2, 0) is 9.84 Å². The maximum atomic E-state index is 11.4. The molecule has 5 heteroatoms. The molecule has 0 aliphatic heterocycles. The quantitative estimate of drug-likeness (QED) is 0.704. The Kier molecular flexibility index (Phi) is 2.91. The van der Waals surface area contributed by atoms with Gasteiger partial charge >= 0.3 is 0 Å². The average Bonchev–Trinajstić information content (AvgIpc) is 2.18. The molecule has 0 radical (unpaired) electrons. The van der Waals surface area contributed by atoms with Gasteiger partial charge in [0.15, 0.2) is 0 Å². The van der Waals surface area contributed by atoms with Gasteiger partial charge in [0.1, 0.15) is 0 Å². The Hall–Kier alpha value is -1.05. The molecule has 0 aromatic heterocycles. The molecular formula is C8H6ClNO2S. The Morgan fingerprint density at radius 2 is 1.85 bits per heavy atom. The number of benzene rings is 1. The topological polar surface area (TPSA) is 57.9 Å². The van der Waals surface area contributed by atoms with E-state index in [1.165, 1.54) is 18.2 Å². The molecule has 0 bridgehead atoms. The first-order valence-electron chi connectivity index (χ1n) is 3.41. The van der Waals surface area contributed by atoms with Gasteiger partial charge in [-0.15, -0.1) is 0 Å². The Labute approximate surface area is 81.5 Å². The predicted molar refractivity (Wildman–Crippen MR) is 48.9 cm³/mol. The molecule has 0 saturated carbocycles. The molecule has 1 unspecified atom stereocenters. The molecule has 0 spiro atoms. The third kappa shape index (κ3) is 2.00. The van der Waals surface area contributed by atoms with Gasteiger partial charge in [0.05, 0.1) is 11.0 Å². The molecule has 13 heavy (non-hydrogen) atoms. The highest BCUT2D eigenvalue weighted by Gasteiger charge is 2.24. The van der Waals surface area contributed by atoms with Crippen molar-refractivity contribution in [2.24, 2.45) is 0 Å². The molecule has 3 nitrogen and oxygen atoms in total. The van der Waals surface area contributed by atoms with Crippen LogP contribution in [0.4, 0.5) is 0 Å². The van der Waals surface area contributed by atoms with Gasteiger partial charge in [-0.2, -0.15) is 5.26 Å². The number of sulfone groups is 1. The van der Waals surface area contributed by atoms with Crippen molar-refractivity contribution >= 4 is 21.4 Å². The fraction of sp³-hybridized carbons (Fsp3) is 0.125. The van der Waals surface area contributed by atoms with Crippen LogP contribution in [0.25, 0.3) is 0 Å². The lowest BCUT2D eigenvalue weighted by Crippen LogP contribution is -2.12. The molecule has 1 atom stereocenters. The molecule has 0 aliphatic rings. The van der Waals surface area contributed by atoms with Crippen LogP contribution in [0.1, 0.15) is 0 Å². The van der Waals surface area contributed by atoms with Crippen molar-refractivity contribution in [1.82, 2.24) is 0 Å². The lowest BCUT2D eigenvalue weighted by Gasteiger charge is -2.02. The third-order valence-electron chi connectivity index (χ3n) is 1.45. The first-order chi connectivity index (χ1) is 6.09. The maximum absolute atomic E-state index is 11.4. The minimum Gasteiger partial charge on any atom is -0.221 e. The maximum Gasteiger partial charge on any atom is 0.225 e. The van der Waals surface area contributed by atoms with E-state index in [0.29, 0.717) is 0 Å². The van der Waals surface area contributed by atoms with Crippen molar-refractivity contribution < 1.29 is 8.42 Å². The molecule has 1 rings (SSSR count). The molecule has 0 fully saturated rings. The molecule has 68 valence electrons. The fourth-order valence-corrected chi connectivity index (χ4v) is 2.02. The summed E-state index contributed by atoms with van der Waals surface area (Å²) in [5.41, 5.74) is 0. The molecule has 0 saturated heterocycles. The summed E-state index contributed by atoms with van der Waals surface area (Å²) in [6.45, 7) is 0. The summed E-state index contributed by atoms with van der Waals surface area (Å²) in [6.07, 6.45) is 0. The summed E-state index contributed by atoms with van der Waals surface area (Å²) in [4.78, 5) is 0.0663. The number of halogens is 1. The van der Waals surface area contributed by atoms with Crippen LogP contribution in [0.2, 0.25) is 0 Å². The van der Waals surface area contributed by atoms with Crippen molar-refractivity contribution in [3.05, 3.63) is 30.3 Å². The van der Waals surface area contributed by atoms with Gasteiger partial charge in [-0.3, -0.25) is 0 Å². The van der Waals surface area contributed by atoms with Gasteiger partial charge in [-0.1, -0.05) is 29.8 Å². The second kappa shape index (κ2) is 3.77. The zero-order valence-corrected chi connectivity index (χ0v) is 8.09. The van der Waals surface area contributed by atoms with Crippen LogP contribution in [0.15, 0.2) is 35.2 Å². The van der Waals surface area contributed by atoms with E-state index < -0.39 is 14.5 Å². The highest BCUT2D eigenvalue weighted by atomic mass is 35.5. The van der Waals surface area contributed by atoms with Gasteiger partial charge < -0.3 is 0 Å². The van der Waals surface area contributed by atoms with Crippen molar-refractivity contribution in [3.63, 3.8) is 0 Å². The SMILES string of the molecule is N#CC(Cl)S(=O)(=O)c1ccccc1. The Morgan fingerprint density at radius 3 is 2.31 bits per heavy atom. The van der Waals surface area contributed by atoms with E-state index in [1.807, 2.05) is 0 Å². The minimum absolute atomic E-state index is 0.0663. The van der Waals surface area contributed by atoms with Crippen LogP contribution < -0.4 is 0 Å². The molecule has 0 amide bonds. The molecule has 0 aliphatic carbocycles. The largest absolute Gasteiger partial charge is 0.225 e. The summed E-state index contributed by atoms with van der Waals surface area (Å²) < 4.78 is 21.3. The smallest absolute Gasteiger partial charge is 0.221 e. The second-order valence-electron chi connectivity index (χ2n) is 2.30. The number of nitriles is 1. The van der Waals surface area contributed by atoms with Crippen LogP contribution in [0.3, 0.4) is 0 Å². The molecular weight excluding hydrogens is 210 g/mol. The summed E-state index contributed by atoms with van der Waals surface area (Å²) >= 11 is 5.34. The van der Waals surface area contributed by atoms with E-state index in [9.17, 15) is 8.42 Å². The van der Waals surface area contributed by atoms with E-state index in [1.54, 1.807) is 18.2 Å². The van der Waals surface area contributed by atoms with E-state index in [4.69, 9.17) is 16.9 Å². The van der Waals surface area contributed by atoms with Gasteiger partial charge in [0.25, 0.3) is 0 Å². The molecule has 0 N–H and O–H groups in total. The first-order valence-corrected chi connectivity index (χ1v) is 5.40. The van der Waals surface area contributed by atoms with Crippen molar-refractivity contribution in [3.8, 4) is 6.07 Å². The number of hydrogen-bond donors (Lipinski definition) is 0. The van der Waals surface area contributed by atoms with Gasteiger partial charge in [-0.25, -0.2) is 8.42 Å². The Morgan fingerprint density at radius 1 is 1.31 bits per heavy atom. The predicted octanol–water partition coefficient (Wildman–Crippen LogP) is 1.55. The highest BCUT2D eigenvalue weighted by Crippen LogP contribution is 2.17. The van der Waals surface area contributed by atoms with E-state index in [-0.39, 0.29) is 4.90 Å². The zero-order valence-electron chi connectivity index (χ0n) is 6.51. The molecule has 1 aromatic carbocycles. The average molecular weight is 216 g/mol. The Bertz CT molecular complexity index is 421. The van der Waals surface area contributed by atoms with E-state index >= 15 is 0 Å².